The summed E-state index contributed by atoms with van der Waals surface area (Å²) in [5, 5.41) is 7.40. The van der Waals surface area contributed by atoms with Gasteiger partial charge in [-0.15, -0.1) is 0 Å². The van der Waals surface area contributed by atoms with Gasteiger partial charge in [0.2, 0.25) is 0 Å². The van der Waals surface area contributed by atoms with Gasteiger partial charge in [-0.2, -0.15) is 0 Å². The summed E-state index contributed by atoms with van der Waals surface area (Å²) in [6.07, 6.45) is 8.83. The van der Waals surface area contributed by atoms with Crippen LogP contribution in [0.5, 0.6) is 0 Å². The van der Waals surface area contributed by atoms with E-state index in [2.05, 4.69) is 19.7 Å². The number of hydrogen-bond acceptors (Lipinski definition) is 1. The lowest BCUT2D eigenvalue weighted by Gasteiger charge is -2.05. The molecule has 0 bridgehead atoms. The molecule has 0 aliphatic carbocycles. The molecule has 0 fully saturated rings. The molecule has 0 saturated carbocycles. The van der Waals surface area contributed by atoms with Gasteiger partial charge in [0.1, 0.15) is 0 Å². The highest BCUT2D eigenvalue weighted by Crippen LogP contribution is 2.16. The molecule has 17 heavy (non-hydrogen) atoms. The Balaban J connectivity index is 5.48. The molecule has 0 aromatic carbocycles. The third kappa shape index (κ3) is 5.12. The van der Waals surface area contributed by atoms with Gasteiger partial charge in [0, 0.05) is 6.21 Å². The zero-order valence-corrected chi connectivity index (χ0v) is 11.0. The molecule has 0 saturated heterocycles. The molecular weight excluding hydrogens is 206 g/mol. The van der Waals surface area contributed by atoms with Crippen LogP contribution >= 0.6 is 0 Å². The van der Waals surface area contributed by atoms with E-state index in [4.69, 9.17) is 5.41 Å². The molecule has 0 unspecified atom stereocenters. The number of rotatable bonds is 6. The molecule has 0 aromatic rings. The van der Waals surface area contributed by atoms with Gasteiger partial charge >= 0.3 is 0 Å². The summed E-state index contributed by atoms with van der Waals surface area (Å²) in [5.41, 5.74) is 4.89. The Labute approximate surface area is 105 Å². The van der Waals surface area contributed by atoms with Crippen molar-refractivity contribution in [1.29, 1.82) is 5.41 Å². The van der Waals surface area contributed by atoms with Gasteiger partial charge in [0.15, 0.2) is 0 Å². The van der Waals surface area contributed by atoms with Gasteiger partial charge in [0.05, 0.1) is 0 Å². The molecule has 0 spiro atoms. The predicted octanol–water partition coefficient (Wildman–Crippen LogP) is 4.77. The summed E-state index contributed by atoms with van der Waals surface area (Å²) in [4.78, 5) is 0. The maximum absolute atomic E-state index is 7.40. The van der Waals surface area contributed by atoms with Crippen LogP contribution in [0.1, 0.15) is 20.8 Å². The summed E-state index contributed by atoms with van der Waals surface area (Å²) in [6.45, 7) is 17.2. The summed E-state index contributed by atoms with van der Waals surface area (Å²) in [6, 6.07) is 0. The van der Waals surface area contributed by atoms with Gasteiger partial charge in [-0.3, -0.25) is 0 Å². The summed E-state index contributed by atoms with van der Waals surface area (Å²) >= 11 is 0. The Morgan fingerprint density at radius 3 is 1.94 bits per heavy atom. The molecule has 1 heteroatoms. The Hall–Kier alpha value is -1.89. The molecule has 0 atom stereocenters. The van der Waals surface area contributed by atoms with E-state index in [-0.39, 0.29) is 0 Å². The largest absolute Gasteiger partial charge is 0.308 e. The van der Waals surface area contributed by atoms with Gasteiger partial charge in [-0.1, -0.05) is 49.6 Å². The van der Waals surface area contributed by atoms with E-state index >= 15 is 0 Å². The molecule has 0 amide bonds. The molecule has 90 valence electrons. The standard InChI is InChI=1S/C16H21N/c1-7-13(5)15(8-2)10-14(6)16(11-17)9-12(3)4/h7-11,17H,1-3H2,4-6H3/b14-10+,15-13+,16-9+,17-11?. The van der Waals surface area contributed by atoms with Crippen molar-refractivity contribution in [2.24, 2.45) is 0 Å². The van der Waals surface area contributed by atoms with E-state index in [1.807, 2.05) is 32.9 Å². The van der Waals surface area contributed by atoms with Crippen LogP contribution in [0.4, 0.5) is 0 Å². The van der Waals surface area contributed by atoms with Crippen molar-refractivity contribution in [2.45, 2.75) is 20.8 Å². The fourth-order valence-corrected chi connectivity index (χ4v) is 1.30. The monoisotopic (exact) mass is 227 g/mol. The van der Waals surface area contributed by atoms with Crippen LogP contribution in [0.2, 0.25) is 0 Å². The molecule has 1 nitrogen and oxygen atoms in total. The van der Waals surface area contributed by atoms with Crippen LogP contribution < -0.4 is 0 Å². The quantitative estimate of drug-likeness (QED) is 0.499. The first-order chi connectivity index (χ1) is 7.96. The first-order valence-corrected chi connectivity index (χ1v) is 5.48. The van der Waals surface area contributed by atoms with Crippen LogP contribution in [0.25, 0.3) is 0 Å². The highest BCUT2D eigenvalue weighted by molar-refractivity contribution is 5.83. The molecule has 0 aromatic heterocycles. The van der Waals surface area contributed by atoms with E-state index in [0.717, 1.165) is 27.9 Å². The van der Waals surface area contributed by atoms with Crippen LogP contribution in [0, 0.1) is 5.41 Å². The summed E-state index contributed by atoms with van der Waals surface area (Å²) < 4.78 is 0. The van der Waals surface area contributed by atoms with Crippen molar-refractivity contribution < 1.29 is 0 Å². The summed E-state index contributed by atoms with van der Waals surface area (Å²) in [5.74, 6) is 0. The highest BCUT2D eigenvalue weighted by Gasteiger charge is 1.99. The van der Waals surface area contributed by atoms with Crippen molar-refractivity contribution in [1.82, 2.24) is 0 Å². The van der Waals surface area contributed by atoms with Gasteiger partial charge in [0.25, 0.3) is 0 Å². The number of hydrogen-bond donors (Lipinski definition) is 1. The van der Waals surface area contributed by atoms with E-state index in [0.29, 0.717) is 0 Å². The van der Waals surface area contributed by atoms with E-state index in [9.17, 15) is 0 Å². The Kier molecular flexibility index (Phi) is 6.57. The topological polar surface area (TPSA) is 23.9 Å². The van der Waals surface area contributed by atoms with Crippen molar-refractivity contribution in [2.75, 3.05) is 0 Å². The van der Waals surface area contributed by atoms with Crippen molar-refractivity contribution >= 4 is 6.21 Å². The second kappa shape index (κ2) is 7.39. The van der Waals surface area contributed by atoms with E-state index in [1.165, 1.54) is 6.21 Å². The Bertz CT molecular complexity index is 428. The fourth-order valence-electron chi connectivity index (χ4n) is 1.30. The molecule has 0 rings (SSSR count). The minimum atomic E-state index is 0.855. The number of nitrogens with one attached hydrogen (secondary N) is 1. The van der Waals surface area contributed by atoms with Crippen LogP contribution in [-0.2, 0) is 0 Å². The van der Waals surface area contributed by atoms with Crippen LogP contribution in [0.15, 0.2) is 71.9 Å². The maximum atomic E-state index is 7.40. The smallest absolute Gasteiger partial charge is 0.0253 e. The SMILES string of the molecule is C=C/C(C)=C(C=C)/C=C(C)/C(C=N)=C/C(=C)C. The Morgan fingerprint density at radius 1 is 1.00 bits per heavy atom. The van der Waals surface area contributed by atoms with Crippen LogP contribution in [0.3, 0.4) is 0 Å². The first kappa shape index (κ1) is 15.1. The minimum absolute atomic E-state index is 0.855. The maximum Gasteiger partial charge on any atom is 0.0253 e. The summed E-state index contributed by atoms with van der Waals surface area (Å²) in [7, 11) is 0. The van der Waals surface area contributed by atoms with Crippen molar-refractivity contribution in [3.8, 4) is 0 Å². The second-order valence-electron chi connectivity index (χ2n) is 3.96. The molecule has 0 heterocycles. The highest BCUT2D eigenvalue weighted by atomic mass is 14.3. The van der Waals surface area contributed by atoms with E-state index in [1.54, 1.807) is 12.2 Å². The average molecular weight is 227 g/mol. The first-order valence-electron chi connectivity index (χ1n) is 5.48. The molecule has 0 aliphatic rings. The zero-order chi connectivity index (χ0) is 13.4. The third-order valence-corrected chi connectivity index (χ3v) is 2.37. The van der Waals surface area contributed by atoms with Crippen molar-refractivity contribution in [3.63, 3.8) is 0 Å². The molecule has 1 N–H and O–H groups in total. The normalized spacial score (nSPS) is 13.8. The minimum Gasteiger partial charge on any atom is -0.308 e. The zero-order valence-electron chi connectivity index (χ0n) is 11.0. The second-order valence-corrected chi connectivity index (χ2v) is 3.96. The van der Waals surface area contributed by atoms with Gasteiger partial charge in [-0.25, -0.2) is 0 Å². The lowest BCUT2D eigenvalue weighted by atomic mass is 10.0. The van der Waals surface area contributed by atoms with Gasteiger partial charge < -0.3 is 5.41 Å². The van der Waals surface area contributed by atoms with Crippen molar-refractivity contribution in [3.05, 3.63) is 71.9 Å². The molecular formula is C16H21N. The molecule has 0 aliphatic heterocycles. The lowest BCUT2D eigenvalue weighted by molar-refractivity contribution is 1.37. The van der Waals surface area contributed by atoms with Gasteiger partial charge in [-0.05, 0) is 43.1 Å². The van der Waals surface area contributed by atoms with Crippen LogP contribution in [-0.4, -0.2) is 6.21 Å². The molecule has 0 radical (unpaired) electrons. The third-order valence-electron chi connectivity index (χ3n) is 2.37. The predicted molar refractivity (Wildman–Crippen MR) is 78.5 cm³/mol. The van der Waals surface area contributed by atoms with E-state index < -0.39 is 0 Å². The number of allylic oxidation sites excluding steroid dienone is 9. The lowest BCUT2D eigenvalue weighted by Crippen LogP contribution is -1.89. The average Bonchev–Trinajstić information content (AvgIpc) is 2.31. The fraction of sp³-hybridized carbons (Fsp3) is 0.188. The Morgan fingerprint density at radius 2 is 1.59 bits per heavy atom.